The normalized spacial score (nSPS) is 11.3. The molecule has 0 unspecified atom stereocenters. The molecule has 0 amide bonds. The molecule has 0 aliphatic heterocycles. The molecule has 18 heavy (non-hydrogen) atoms. The van der Waals surface area contributed by atoms with Gasteiger partial charge in [0.2, 0.25) is 0 Å². The Kier molecular flexibility index (Phi) is 5.06. The number of hydrogen-bond donors (Lipinski definition) is 1. The predicted molar refractivity (Wildman–Crippen MR) is 67.4 cm³/mol. The van der Waals surface area contributed by atoms with Crippen molar-refractivity contribution in [2.24, 2.45) is 0 Å². The highest BCUT2D eigenvalue weighted by Gasteiger charge is 2.09. The number of nitro benzene ring substituents is 1. The average molecular weight is 254 g/mol. The number of hydroxylamine groups is 1. The second kappa shape index (κ2) is 6.32. The molecular weight excluding hydrogens is 236 g/mol. The number of non-ortho nitro benzene ring substituents is 1. The van der Waals surface area contributed by atoms with Crippen molar-refractivity contribution in [2.45, 2.75) is 26.4 Å². The summed E-state index contributed by atoms with van der Waals surface area (Å²) in [6.07, 6.45) is 0. The maximum absolute atomic E-state index is 10.4. The van der Waals surface area contributed by atoms with E-state index in [-0.39, 0.29) is 11.3 Å². The molecule has 1 rings (SSSR count). The molecule has 0 aliphatic rings. The van der Waals surface area contributed by atoms with Crippen molar-refractivity contribution in [1.29, 1.82) is 0 Å². The van der Waals surface area contributed by atoms with Crippen molar-refractivity contribution < 1.29 is 14.5 Å². The van der Waals surface area contributed by atoms with Gasteiger partial charge in [-0.05, 0) is 32.9 Å². The minimum atomic E-state index is -0.442. The van der Waals surface area contributed by atoms with Gasteiger partial charge in [0.15, 0.2) is 0 Å². The third kappa shape index (κ3) is 5.60. The number of nitro groups is 1. The van der Waals surface area contributed by atoms with Crippen LogP contribution in [0.2, 0.25) is 0 Å². The van der Waals surface area contributed by atoms with Gasteiger partial charge in [-0.15, -0.1) is 0 Å². The second-order valence-corrected chi connectivity index (χ2v) is 4.71. The van der Waals surface area contributed by atoms with Crippen LogP contribution in [0.25, 0.3) is 0 Å². The van der Waals surface area contributed by atoms with Crippen molar-refractivity contribution in [3.8, 4) is 5.75 Å². The van der Waals surface area contributed by atoms with Crippen LogP contribution in [0.4, 0.5) is 5.69 Å². The fourth-order valence-corrected chi connectivity index (χ4v) is 1.14. The van der Waals surface area contributed by atoms with E-state index in [1.807, 2.05) is 20.8 Å². The van der Waals surface area contributed by atoms with Gasteiger partial charge in [-0.2, -0.15) is 5.48 Å². The van der Waals surface area contributed by atoms with Crippen molar-refractivity contribution in [2.75, 3.05) is 13.2 Å². The van der Waals surface area contributed by atoms with Gasteiger partial charge in [-0.25, -0.2) is 0 Å². The largest absolute Gasteiger partial charge is 0.492 e. The Morgan fingerprint density at radius 3 is 2.39 bits per heavy atom. The molecule has 6 heteroatoms. The maximum atomic E-state index is 10.4. The van der Waals surface area contributed by atoms with E-state index < -0.39 is 4.92 Å². The molecule has 0 atom stereocenters. The number of nitrogens with one attached hydrogen (secondary N) is 1. The Morgan fingerprint density at radius 2 is 1.89 bits per heavy atom. The minimum Gasteiger partial charge on any atom is -0.492 e. The summed E-state index contributed by atoms with van der Waals surface area (Å²) in [6, 6.07) is 5.97. The van der Waals surface area contributed by atoms with Crippen molar-refractivity contribution in [3.63, 3.8) is 0 Å². The quantitative estimate of drug-likeness (QED) is 0.479. The second-order valence-electron chi connectivity index (χ2n) is 4.71. The van der Waals surface area contributed by atoms with Crippen LogP contribution < -0.4 is 10.2 Å². The van der Waals surface area contributed by atoms with E-state index in [1.165, 1.54) is 12.1 Å². The first-order chi connectivity index (χ1) is 8.38. The van der Waals surface area contributed by atoms with Crippen LogP contribution in [0.3, 0.4) is 0 Å². The zero-order valence-electron chi connectivity index (χ0n) is 10.8. The highest BCUT2D eigenvalue weighted by Crippen LogP contribution is 2.16. The topological polar surface area (TPSA) is 73.6 Å². The molecule has 100 valence electrons. The smallest absolute Gasteiger partial charge is 0.269 e. The standard InChI is InChI=1S/C12H18N2O4/c1-12(2,3)18-13-8-9-17-11-6-4-10(5-7-11)14(15)16/h4-7,13H,8-9H2,1-3H3. The first-order valence-electron chi connectivity index (χ1n) is 5.66. The summed E-state index contributed by atoms with van der Waals surface area (Å²) in [4.78, 5) is 15.3. The third-order valence-corrected chi connectivity index (χ3v) is 1.90. The van der Waals surface area contributed by atoms with E-state index in [4.69, 9.17) is 9.57 Å². The molecule has 1 aromatic carbocycles. The van der Waals surface area contributed by atoms with Crippen LogP contribution in [0, 0.1) is 10.1 Å². The summed E-state index contributed by atoms with van der Waals surface area (Å²) in [5, 5.41) is 10.4. The van der Waals surface area contributed by atoms with E-state index in [2.05, 4.69) is 5.48 Å². The zero-order valence-corrected chi connectivity index (χ0v) is 10.8. The van der Waals surface area contributed by atoms with Crippen LogP contribution in [0.15, 0.2) is 24.3 Å². The van der Waals surface area contributed by atoms with Crippen LogP contribution in [-0.4, -0.2) is 23.7 Å². The summed E-state index contributed by atoms with van der Waals surface area (Å²) in [6.45, 7) is 6.79. The number of rotatable bonds is 6. The fourth-order valence-electron chi connectivity index (χ4n) is 1.14. The van der Waals surface area contributed by atoms with Crippen molar-refractivity contribution in [1.82, 2.24) is 5.48 Å². The molecule has 1 N–H and O–H groups in total. The lowest BCUT2D eigenvalue weighted by atomic mass is 10.2. The lowest BCUT2D eigenvalue weighted by Gasteiger charge is -2.19. The van der Waals surface area contributed by atoms with Gasteiger partial charge in [-0.1, -0.05) is 0 Å². The van der Waals surface area contributed by atoms with Crippen LogP contribution in [0.1, 0.15) is 20.8 Å². The van der Waals surface area contributed by atoms with E-state index in [1.54, 1.807) is 12.1 Å². The van der Waals surface area contributed by atoms with Gasteiger partial charge >= 0.3 is 0 Å². The van der Waals surface area contributed by atoms with E-state index in [0.29, 0.717) is 18.9 Å². The highest BCUT2D eigenvalue weighted by molar-refractivity contribution is 5.35. The molecule has 1 aromatic rings. The van der Waals surface area contributed by atoms with Crippen LogP contribution >= 0.6 is 0 Å². The third-order valence-electron chi connectivity index (χ3n) is 1.90. The molecule has 0 radical (unpaired) electrons. The summed E-state index contributed by atoms with van der Waals surface area (Å²) in [7, 11) is 0. The minimum absolute atomic E-state index is 0.0524. The zero-order chi connectivity index (χ0) is 13.6. The maximum Gasteiger partial charge on any atom is 0.269 e. The first-order valence-corrected chi connectivity index (χ1v) is 5.66. The summed E-state index contributed by atoms with van der Waals surface area (Å²) in [5.41, 5.74) is 2.60. The molecule has 0 aliphatic carbocycles. The first kappa shape index (κ1) is 14.4. The number of benzene rings is 1. The van der Waals surface area contributed by atoms with E-state index >= 15 is 0 Å². The molecular formula is C12H18N2O4. The molecule has 0 aromatic heterocycles. The Labute approximate surface area is 106 Å². The number of ether oxygens (including phenoxy) is 1. The fraction of sp³-hybridized carbons (Fsp3) is 0.500. The van der Waals surface area contributed by atoms with Crippen LogP contribution in [0.5, 0.6) is 5.75 Å². The highest BCUT2D eigenvalue weighted by atomic mass is 16.7. The Morgan fingerprint density at radius 1 is 1.28 bits per heavy atom. The van der Waals surface area contributed by atoms with Gasteiger partial charge in [0, 0.05) is 12.1 Å². The van der Waals surface area contributed by atoms with Gasteiger partial charge in [0.25, 0.3) is 5.69 Å². The Bertz CT molecular complexity index is 384. The lowest BCUT2D eigenvalue weighted by Crippen LogP contribution is -2.31. The van der Waals surface area contributed by atoms with Crippen molar-refractivity contribution >= 4 is 5.69 Å². The Hall–Kier alpha value is -1.66. The molecule has 0 bridgehead atoms. The number of nitrogens with zero attached hydrogens (tertiary/aromatic N) is 1. The summed E-state index contributed by atoms with van der Waals surface area (Å²) < 4.78 is 5.39. The molecule has 6 nitrogen and oxygen atoms in total. The van der Waals surface area contributed by atoms with Crippen molar-refractivity contribution in [3.05, 3.63) is 34.4 Å². The van der Waals surface area contributed by atoms with Gasteiger partial charge in [0.05, 0.1) is 17.1 Å². The average Bonchev–Trinajstić information content (AvgIpc) is 2.27. The SMILES string of the molecule is CC(C)(C)ONCCOc1ccc([N+](=O)[O-])cc1. The summed E-state index contributed by atoms with van der Waals surface area (Å²) in [5.74, 6) is 0.596. The number of hydrogen-bond acceptors (Lipinski definition) is 5. The lowest BCUT2D eigenvalue weighted by molar-refractivity contribution is -0.384. The molecule has 0 fully saturated rings. The predicted octanol–water partition coefficient (Wildman–Crippen LogP) is 2.29. The van der Waals surface area contributed by atoms with Gasteiger partial charge < -0.3 is 4.74 Å². The van der Waals surface area contributed by atoms with Gasteiger partial charge in [0.1, 0.15) is 12.4 Å². The molecule has 0 heterocycles. The Balaban J connectivity index is 2.25. The molecule has 0 saturated carbocycles. The van der Waals surface area contributed by atoms with Crippen LogP contribution in [-0.2, 0) is 4.84 Å². The molecule has 0 spiro atoms. The van der Waals surface area contributed by atoms with Gasteiger partial charge in [-0.3, -0.25) is 15.0 Å². The summed E-state index contributed by atoms with van der Waals surface area (Å²) >= 11 is 0. The monoisotopic (exact) mass is 254 g/mol. The molecule has 0 saturated heterocycles. The van der Waals surface area contributed by atoms with E-state index in [9.17, 15) is 10.1 Å². The van der Waals surface area contributed by atoms with E-state index in [0.717, 1.165) is 0 Å².